The maximum Gasteiger partial charge on any atom is 0.192 e. The molecule has 1 N–H and O–H groups in total. The van der Waals surface area contributed by atoms with Gasteiger partial charge in [0.15, 0.2) is 8.32 Å². The van der Waals surface area contributed by atoms with Gasteiger partial charge in [0.25, 0.3) is 0 Å². The molecule has 0 bridgehead atoms. The zero-order valence-corrected chi connectivity index (χ0v) is 28.8. The lowest BCUT2D eigenvalue weighted by Crippen LogP contribution is -2.67. The van der Waals surface area contributed by atoms with E-state index in [9.17, 15) is 5.11 Å². The van der Waals surface area contributed by atoms with Crippen LogP contribution in [0.4, 0.5) is 0 Å². The van der Waals surface area contributed by atoms with E-state index in [0.717, 1.165) is 30.8 Å². The van der Waals surface area contributed by atoms with Gasteiger partial charge in [-0.2, -0.15) is 0 Å². The SMILES string of the molecule is C=C(C)[C@@H]1CC[C@]2(CO[Si](C)(C)C(C)(C)C)CC[C@]3(C)[C@H](CCC4[C@@]5(C)CC[C@H](O)C(C)(C)C5CC[C@]43C)C12. The number of hydrogen-bond donors (Lipinski definition) is 1. The van der Waals surface area contributed by atoms with Crippen LogP contribution in [0, 0.1) is 56.7 Å². The molecule has 0 aliphatic heterocycles. The molecule has 5 saturated carbocycles. The normalized spacial score (nSPS) is 49.4. The highest BCUT2D eigenvalue weighted by Gasteiger charge is 2.71. The van der Waals surface area contributed by atoms with Gasteiger partial charge in [-0.05, 0) is 146 Å². The number of rotatable bonds is 4. The van der Waals surface area contributed by atoms with Crippen LogP contribution in [-0.4, -0.2) is 26.1 Å². The molecule has 0 amide bonds. The molecule has 224 valence electrons. The van der Waals surface area contributed by atoms with Crippen molar-refractivity contribution in [1.82, 2.24) is 0 Å². The van der Waals surface area contributed by atoms with Gasteiger partial charge in [-0.15, -0.1) is 0 Å². The summed E-state index contributed by atoms with van der Waals surface area (Å²) in [5.41, 5.74) is 2.93. The van der Waals surface area contributed by atoms with Crippen LogP contribution in [0.25, 0.3) is 0 Å². The van der Waals surface area contributed by atoms with Crippen LogP contribution in [0.15, 0.2) is 12.2 Å². The second kappa shape index (κ2) is 9.19. The van der Waals surface area contributed by atoms with Gasteiger partial charge in [-0.3, -0.25) is 0 Å². The molecule has 10 atom stereocenters. The van der Waals surface area contributed by atoms with Crippen molar-refractivity contribution in [1.29, 1.82) is 0 Å². The molecule has 0 aromatic heterocycles. The number of aliphatic hydroxyl groups excluding tert-OH is 1. The number of aliphatic hydroxyl groups is 1. The van der Waals surface area contributed by atoms with Gasteiger partial charge in [0, 0.05) is 6.61 Å². The third-order valence-corrected chi connectivity index (χ3v) is 20.2. The molecule has 39 heavy (non-hydrogen) atoms. The fourth-order valence-electron chi connectivity index (χ4n) is 12.1. The third kappa shape index (κ3) is 4.11. The first-order valence-electron chi connectivity index (χ1n) is 16.7. The molecule has 0 spiro atoms. The third-order valence-electron chi connectivity index (χ3n) is 15.7. The smallest absolute Gasteiger partial charge is 0.192 e. The molecule has 3 heteroatoms. The number of fused-ring (bicyclic) bond motifs is 7. The van der Waals surface area contributed by atoms with E-state index in [1.165, 1.54) is 63.4 Å². The van der Waals surface area contributed by atoms with E-state index < -0.39 is 8.32 Å². The Hall–Kier alpha value is -0.123. The lowest BCUT2D eigenvalue weighted by molar-refractivity contribution is -0.249. The Balaban J connectivity index is 1.50. The molecule has 5 rings (SSSR count). The van der Waals surface area contributed by atoms with Crippen molar-refractivity contribution < 1.29 is 9.53 Å². The van der Waals surface area contributed by atoms with Crippen molar-refractivity contribution in [2.75, 3.05) is 6.61 Å². The minimum Gasteiger partial charge on any atom is -0.416 e. The molecule has 5 aliphatic rings. The maximum absolute atomic E-state index is 11.0. The van der Waals surface area contributed by atoms with E-state index in [0.29, 0.717) is 33.5 Å². The molecule has 5 aliphatic carbocycles. The van der Waals surface area contributed by atoms with Gasteiger partial charge < -0.3 is 9.53 Å². The minimum absolute atomic E-state index is 0.0331. The van der Waals surface area contributed by atoms with Crippen molar-refractivity contribution in [3.63, 3.8) is 0 Å². The van der Waals surface area contributed by atoms with Gasteiger partial charge in [0.2, 0.25) is 0 Å². The van der Waals surface area contributed by atoms with E-state index in [-0.39, 0.29) is 16.6 Å². The van der Waals surface area contributed by atoms with E-state index in [4.69, 9.17) is 4.43 Å². The standard InChI is InChI=1S/C36H64O2Si/c1-24(2)25-15-20-36(23-38-39(11,12)31(3,4)5)22-21-34(9)26(30(25)36)13-14-28-33(8)18-17-29(37)32(6,7)27(33)16-19-35(28,34)10/h25-30,37H,1,13-23H2,2-12H3/t25-,26+,27?,28?,29-,30?,33-,34+,35+,36+/m0/s1. The van der Waals surface area contributed by atoms with Crippen molar-refractivity contribution >= 4 is 8.32 Å². The van der Waals surface area contributed by atoms with Crippen LogP contribution in [0.1, 0.15) is 127 Å². The summed E-state index contributed by atoms with van der Waals surface area (Å²) in [5, 5.41) is 11.3. The van der Waals surface area contributed by atoms with Crippen molar-refractivity contribution in [3.8, 4) is 0 Å². The summed E-state index contributed by atoms with van der Waals surface area (Å²) in [4.78, 5) is 0. The molecule has 0 saturated heterocycles. The van der Waals surface area contributed by atoms with Gasteiger partial charge in [0.1, 0.15) is 0 Å². The van der Waals surface area contributed by atoms with Crippen molar-refractivity contribution in [2.45, 2.75) is 151 Å². The molecular formula is C36H64O2Si. The number of hydrogen-bond acceptors (Lipinski definition) is 2. The lowest BCUT2D eigenvalue weighted by atomic mass is 9.32. The average Bonchev–Trinajstić information content (AvgIpc) is 3.21. The molecule has 0 aromatic rings. The quantitative estimate of drug-likeness (QED) is 0.276. The Morgan fingerprint density at radius 2 is 1.51 bits per heavy atom. The van der Waals surface area contributed by atoms with Crippen LogP contribution < -0.4 is 0 Å². The largest absolute Gasteiger partial charge is 0.416 e. The summed E-state index contributed by atoms with van der Waals surface area (Å²) in [5.74, 6) is 3.58. The molecule has 3 unspecified atom stereocenters. The summed E-state index contributed by atoms with van der Waals surface area (Å²) < 4.78 is 7.12. The predicted octanol–water partition coefficient (Wildman–Crippen LogP) is 10.0. The minimum atomic E-state index is -1.80. The molecule has 0 radical (unpaired) electrons. The maximum atomic E-state index is 11.0. The van der Waals surface area contributed by atoms with Crippen LogP contribution >= 0.6 is 0 Å². The van der Waals surface area contributed by atoms with E-state index in [1.54, 1.807) is 0 Å². The Morgan fingerprint density at radius 3 is 2.13 bits per heavy atom. The van der Waals surface area contributed by atoms with Crippen LogP contribution in [0.2, 0.25) is 18.1 Å². The topological polar surface area (TPSA) is 29.5 Å². The fourth-order valence-corrected chi connectivity index (χ4v) is 13.1. The molecule has 0 heterocycles. The fraction of sp³-hybridized carbons (Fsp3) is 0.944. The summed E-state index contributed by atoms with van der Waals surface area (Å²) in [6, 6.07) is 0. The first kappa shape index (κ1) is 30.3. The first-order valence-corrected chi connectivity index (χ1v) is 19.7. The molecule has 5 fully saturated rings. The van der Waals surface area contributed by atoms with Crippen LogP contribution in [0.5, 0.6) is 0 Å². The van der Waals surface area contributed by atoms with E-state index >= 15 is 0 Å². The summed E-state index contributed by atoms with van der Waals surface area (Å²) in [6.45, 7) is 32.9. The molecular weight excluding hydrogens is 492 g/mol. The van der Waals surface area contributed by atoms with Gasteiger partial charge in [0.05, 0.1) is 6.10 Å². The van der Waals surface area contributed by atoms with Gasteiger partial charge >= 0.3 is 0 Å². The summed E-state index contributed by atoms with van der Waals surface area (Å²) in [6.07, 6.45) is 12.8. The predicted molar refractivity (Wildman–Crippen MR) is 168 cm³/mol. The summed E-state index contributed by atoms with van der Waals surface area (Å²) in [7, 11) is -1.80. The zero-order chi connectivity index (χ0) is 29.0. The zero-order valence-electron chi connectivity index (χ0n) is 27.8. The summed E-state index contributed by atoms with van der Waals surface area (Å²) >= 11 is 0. The monoisotopic (exact) mass is 556 g/mol. The van der Waals surface area contributed by atoms with Gasteiger partial charge in [-0.1, -0.05) is 67.5 Å². The van der Waals surface area contributed by atoms with Crippen LogP contribution in [-0.2, 0) is 4.43 Å². The Labute approximate surface area is 243 Å². The Bertz CT molecular complexity index is 977. The van der Waals surface area contributed by atoms with Crippen molar-refractivity contribution in [2.24, 2.45) is 56.7 Å². The van der Waals surface area contributed by atoms with Gasteiger partial charge in [-0.25, -0.2) is 0 Å². The Kier molecular flexibility index (Phi) is 7.15. The Morgan fingerprint density at radius 1 is 0.846 bits per heavy atom. The highest BCUT2D eigenvalue weighted by Crippen LogP contribution is 2.77. The second-order valence-corrected chi connectivity index (χ2v) is 23.3. The lowest BCUT2D eigenvalue weighted by Gasteiger charge is -2.73. The highest BCUT2D eigenvalue weighted by molar-refractivity contribution is 6.74. The van der Waals surface area contributed by atoms with E-state index in [1.807, 2.05) is 0 Å². The van der Waals surface area contributed by atoms with Crippen LogP contribution in [0.3, 0.4) is 0 Å². The van der Waals surface area contributed by atoms with Crippen molar-refractivity contribution in [3.05, 3.63) is 12.2 Å². The number of allylic oxidation sites excluding steroid dienone is 1. The average molecular weight is 557 g/mol. The molecule has 0 aromatic carbocycles. The first-order chi connectivity index (χ1) is 17.8. The highest BCUT2D eigenvalue weighted by atomic mass is 28.4. The van der Waals surface area contributed by atoms with E-state index in [2.05, 4.69) is 82.0 Å². The molecule has 2 nitrogen and oxygen atoms in total. The second-order valence-electron chi connectivity index (χ2n) is 18.5.